The molecule has 2 aromatic rings. The van der Waals surface area contributed by atoms with Gasteiger partial charge in [0.1, 0.15) is 29.5 Å². The average molecular weight is 756 g/mol. The molecule has 7 atom stereocenters. The molecule has 2 aliphatic carbocycles. The number of carboxylic acid groups (broad SMARTS) is 1. The number of hydrogen-bond acceptors (Lipinski definition) is 10. The van der Waals surface area contributed by atoms with Crippen LogP contribution >= 0.6 is 0 Å². The number of hydrogen-bond donors (Lipinski definition) is 4. The Hall–Kier alpha value is -4.60. The summed E-state index contributed by atoms with van der Waals surface area (Å²) in [5.74, 6) is -1.77. The molecule has 0 unspecified atom stereocenters. The van der Waals surface area contributed by atoms with E-state index in [9.17, 15) is 32.7 Å². The highest BCUT2D eigenvalue weighted by Crippen LogP contribution is 2.47. The summed E-state index contributed by atoms with van der Waals surface area (Å²) >= 11 is 0. The van der Waals surface area contributed by atoms with Crippen molar-refractivity contribution in [3.05, 3.63) is 36.4 Å². The number of nitrogens with zero attached hydrogens (tertiary/aromatic N) is 2. The molecule has 1 saturated heterocycles. The number of fused-ring (bicyclic) bond motifs is 3. The van der Waals surface area contributed by atoms with Crippen molar-refractivity contribution in [2.24, 2.45) is 17.8 Å². The van der Waals surface area contributed by atoms with Crippen LogP contribution in [0.15, 0.2) is 36.4 Å². The molecule has 2 aliphatic heterocycles. The molecule has 0 spiro atoms. The van der Waals surface area contributed by atoms with Gasteiger partial charge in [-0.25, -0.2) is 13.2 Å². The van der Waals surface area contributed by atoms with E-state index in [0.29, 0.717) is 49.3 Å². The molecular weight excluding hydrogens is 706 g/mol. The van der Waals surface area contributed by atoms with Crippen LogP contribution in [0.3, 0.4) is 0 Å². The number of amides is 4. The number of carbonyl (C=O) groups excluding carboxylic acids is 3. The lowest BCUT2D eigenvalue weighted by Crippen LogP contribution is -2.59. The van der Waals surface area contributed by atoms with Crippen molar-refractivity contribution in [1.29, 1.82) is 0 Å². The SMILES string of the molecule is CCOc1cc2cc(OC)ccc2c(O[C@@H]2C[C@H]3C(=O)N[C@]4(C(=O)NS(=O)(=O)C5(C)CC5)C[C@H]4C=CCC[C@@H](C)C[C@@H](C)[C@H](NC(=O)O)C(=O)N3C2)n1. The summed E-state index contributed by atoms with van der Waals surface area (Å²) < 4.78 is 45.0. The van der Waals surface area contributed by atoms with Crippen LogP contribution in [0.2, 0.25) is 0 Å². The van der Waals surface area contributed by atoms with Gasteiger partial charge < -0.3 is 34.9 Å². The minimum atomic E-state index is -4.01. The number of carbonyl (C=O) groups is 4. The van der Waals surface area contributed by atoms with Crippen molar-refractivity contribution in [3.63, 3.8) is 0 Å². The lowest BCUT2D eigenvalue weighted by atomic mass is 9.88. The summed E-state index contributed by atoms with van der Waals surface area (Å²) in [5, 5.41) is 16.4. The largest absolute Gasteiger partial charge is 0.497 e. The fourth-order valence-electron chi connectivity index (χ4n) is 7.51. The topological polar surface area (TPSA) is 203 Å². The van der Waals surface area contributed by atoms with Crippen molar-refractivity contribution in [2.45, 2.75) is 101 Å². The van der Waals surface area contributed by atoms with E-state index in [1.165, 1.54) is 4.90 Å². The van der Waals surface area contributed by atoms with Crippen LogP contribution < -0.4 is 29.6 Å². The Kier molecular flexibility index (Phi) is 10.6. The zero-order chi connectivity index (χ0) is 38.3. The molecule has 4 amide bonds. The maximum atomic E-state index is 14.4. The molecular formula is C37H49N5O10S. The monoisotopic (exact) mass is 755 g/mol. The van der Waals surface area contributed by atoms with Crippen LogP contribution in [0, 0.1) is 17.8 Å². The Morgan fingerprint density at radius 3 is 2.58 bits per heavy atom. The van der Waals surface area contributed by atoms with E-state index in [-0.39, 0.29) is 31.2 Å². The molecule has 1 aromatic heterocycles. The molecule has 0 radical (unpaired) electrons. The first-order valence-corrected chi connectivity index (χ1v) is 19.7. The number of ether oxygens (including phenoxy) is 3. The average Bonchev–Trinajstić information content (AvgIpc) is 3.98. The van der Waals surface area contributed by atoms with Gasteiger partial charge >= 0.3 is 6.09 Å². The van der Waals surface area contributed by atoms with E-state index in [4.69, 9.17) is 14.2 Å². The minimum Gasteiger partial charge on any atom is -0.497 e. The standard InChI is InChI=1S/C37H49N5O10S/c1-6-51-29-17-23-16-25(50-5)11-12-27(23)32(38-29)52-26-18-28-31(43)40-37(34(45)41-53(48,49)36(4)13-14-36)19-24(37)10-8-7-9-21(2)15-22(3)30(39-35(46)47)33(44)42(28)20-26/h8,10-12,16-17,21-22,24,26,28,30,39H,6-7,9,13-15,18-20H2,1-5H3,(H,40,43)(H,41,45)(H,46,47)/t21-,22-,24-,26-,28+,30+,37-/m1/s1. The molecule has 4 N–H and O–H groups in total. The van der Waals surface area contributed by atoms with Crippen LogP contribution in [0.1, 0.15) is 72.6 Å². The predicted molar refractivity (Wildman–Crippen MR) is 194 cm³/mol. The first kappa shape index (κ1) is 38.1. The molecule has 15 nitrogen and oxygen atoms in total. The second-order valence-corrected chi connectivity index (χ2v) is 17.4. The van der Waals surface area contributed by atoms with Crippen molar-refractivity contribution < 1.29 is 46.9 Å². The molecule has 288 valence electrons. The van der Waals surface area contributed by atoms with Gasteiger partial charge in [-0.1, -0.05) is 26.0 Å². The minimum absolute atomic E-state index is 0.0189. The number of methoxy groups -OCH3 is 1. The van der Waals surface area contributed by atoms with Gasteiger partial charge in [-0.3, -0.25) is 19.1 Å². The summed E-state index contributed by atoms with van der Waals surface area (Å²) in [7, 11) is -2.46. The number of rotatable bonds is 9. The highest BCUT2D eigenvalue weighted by Gasteiger charge is 2.63. The summed E-state index contributed by atoms with van der Waals surface area (Å²) in [5.41, 5.74) is -1.56. The third kappa shape index (κ3) is 7.87. The lowest BCUT2D eigenvalue weighted by Gasteiger charge is -2.32. The summed E-state index contributed by atoms with van der Waals surface area (Å²) in [6.45, 7) is 7.48. The Balaban J connectivity index is 1.35. The summed E-state index contributed by atoms with van der Waals surface area (Å²) in [6, 6.07) is 4.74. The van der Waals surface area contributed by atoms with Gasteiger partial charge in [0, 0.05) is 23.8 Å². The van der Waals surface area contributed by atoms with Crippen LogP contribution in [0.25, 0.3) is 10.8 Å². The third-order valence-electron chi connectivity index (χ3n) is 11.1. The van der Waals surface area contributed by atoms with Gasteiger partial charge in [-0.05, 0) is 87.8 Å². The molecule has 1 aromatic carbocycles. The normalized spacial score (nSPS) is 29.8. The number of sulfonamides is 1. The zero-order valence-corrected chi connectivity index (χ0v) is 31.5. The first-order chi connectivity index (χ1) is 25.1. The zero-order valence-electron chi connectivity index (χ0n) is 30.7. The maximum Gasteiger partial charge on any atom is 0.405 e. The van der Waals surface area contributed by atoms with Crippen molar-refractivity contribution in [2.75, 3.05) is 20.3 Å². The van der Waals surface area contributed by atoms with Gasteiger partial charge in [0.25, 0.3) is 5.91 Å². The van der Waals surface area contributed by atoms with E-state index >= 15 is 0 Å². The quantitative estimate of drug-likeness (QED) is 0.273. The van der Waals surface area contributed by atoms with Crippen molar-refractivity contribution in [3.8, 4) is 17.5 Å². The Labute approximate surface area is 309 Å². The predicted octanol–water partition coefficient (Wildman–Crippen LogP) is 3.51. The van der Waals surface area contributed by atoms with E-state index in [1.54, 1.807) is 45.2 Å². The molecule has 53 heavy (non-hydrogen) atoms. The number of nitrogens with one attached hydrogen (secondary N) is 3. The van der Waals surface area contributed by atoms with Crippen molar-refractivity contribution >= 4 is 44.6 Å². The number of benzene rings is 1. The van der Waals surface area contributed by atoms with Crippen LogP contribution in [-0.4, -0.2) is 96.0 Å². The summed E-state index contributed by atoms with van der Waals surface area (Å²) in [4.78, 5) is 60.5. The Morgan fingerprint density at radius 2 is 1.91 bits per heavy atom. The Morgan fingerprint density at radius 1 is 1.15 bits per heavy atom. The molecule has 3 heterocycles. The van der Waals surface area contributed by atoms with Gasteiger partial charge in [-0.2, -0.15) is 4.98 Å². The highest BCUT2D eigenvalue weighted by atomic mass is 32.2. The molecule has 2 saturated carbocycles. The van der Waals surface area contributed by atoms with Crippen molar-refractivity contribution in [1.82, 2.24) is 25.2 Å². The smallest absolute Gasteiger partial charge is 0.405 e. The van der Waals surface area contributed by atoms with Gasteiger partial charge in [0.05, 0.1) is 25.0 Å². The lowest BCUT2D eigenvalue weighted by molar-refractivity contribution is -0.142. The van der Waals surface area contributed by atoms with Crippen LogP contribution in [0.5, 0.6) is 17.5 Å². The third-order valence-corrected chi connectivity index (χ3v) is 13.2. The Bertz CT molecular complexity index is 1920. The second-order valence-electron chi connectivity index (χ2n) is 15.2. The van der Waals surface area contributed by atoms with E-state index in [1.807, 2.05) is 26.0 Å². The second kappa shape index (κ2) is 14.7. The molecule has 0 bridgehead atoms. The van der Waals surface area contributed by atoms with E-state index in [0.717, 1.165) is 11.8 Å². The number of allylic oxidation sites excluding steroid dienone is 1. The van der Waals surface area contributed by atoms with E-state index < -0.39 is 74.1 Å². The van der Waals surface area contributed by atoms with Gasteiger partial charge in [-0.15, -0.1) is 0 Å². The molecule has 4 aliphatic rings. The summed E-state index contributed by atoms with van der Waals surface area (Å²) in [6.07, 6.45) is 4.52. The fourth-order valence-corrected chi connectivity index (χ4v) is 8.82. The van der Waals surface area contributed by atoms with Gasteiger partial charge in [0.2, 0.25) is 33.6 Å². The van der Waals surface area contributed by atoms with Gasteiger partial charge in [0.15, 0.2) is 0 Å². The van der Waals surface area contributed by atoms with Crippen LogP contribution in [0.4, 0.5) is 4.79 Å². The molecule has 16 heteroatoms. The molecule has 6 rings (SSSR count). The number of pyridine rings is 1. The fraction of sp³-hybridized carbons (Fsp3) is 0.595. The first-order valence-electron chi connectivity index (χ1n) is 18.2. The van der Waals surface area contributed by atoms with Crippen LogP contribution in [-0.2, 0) is 24.4 Å². The number of aromatic nitrogens is 1. The maximum absolute atomic E-state index is 14.4. The highest BCUT2D eigenvalue weighted by molar-refractivity contribution is 7.91. The molecule has 3 fully saturated rings. The van der Waals surface area contributed by atoms with E-state index in [2.05, 4.69) is 20.3 Å².